The maximum atomic E-state index is 12.8. The molecule has 0 saturated heterocycles. The molecular formula is C19H19N5O3. The Balaban J connectivity index is 1.56. The Morgan fingerprint density at radius 2 is 1.85 bits per heavy atom. The fourth-order valence-electron chi connectivity index (χ4n) is 2.99. The number of fused-ring (bicyclic) bond motifs is 1. The maximum absolute atomic E-state index is 12.8. The molecule has 1 aliphatic rings. The van der Waals surface area contributed by atoms with Gasteiger partial charge in [-0.05, 0) is 61.0 Å². The van der Waals surface area contributed by atoms with E-state index >= 15 is 0 Å². The van der Waals surface area contributed by atoms with Gasteiger partial charge in [-0.15, -0.1) is 5.10 Å². The zero-order valence-electron chi connectivity index (χ0n) is 15.2. The van der Waals surface area contributed by atoms with E-state index in [0.29, 0.717) is 23.0 Å². The number of nitrogens with zero attached hydrogens (tertiary/aromatic N) is 4. The number of hydrogen-bond acceptors (Lipinski definition) is 6. The monoisotopic (exact) mass is 365 g/mol. The Morgan fingerprint density at radius 1 is 1.11 bits per heavy atom. The van der Waals surface area contributed by atoms with Crippen LogP contribution in [0, 0.1) is 13.8 Å². The van der Waals surface area contributed by atoms with E-state index in [4.69, 9.17) is 9.47 Å². The van der Waals surface area contributed by atoms with Crippen molar-refractivity contribution in [1.29, 1.82) is 0 Å². The molecule has 4 rings (SSSR count). The van der Waals surface area contributed by atoms with Crippen molar-refractivity contribution in [3.8, 4) is 17.2 Å². The molecule has 3 aromatic rings. The third-order valence-corrected chi connectivity index (χ3v) is 4.43. The van der Waals surface area contributed by atoms with Crippen LogP contribution in [0.3, 0.4) is 0 Å². The minimum atomic E-state index is -0.751. The third kappa shape index (κ3) is 3.21. The summed E-state index contributed by atoms with van der Waals surface area (Å²) < 4.78 is 13.3. The number of rotatable bonds is 3. The number of benzene rings is 2. The Labute approximate surface area is 156 Å². The molecule has 0 bridgehead atoms. The molecule has 27 heavy (non-hydrogen) atoms. The van der Waals surface area contributed by atoms with Crippen molar-refractivity contribution in [2.24, 2.45) is 0 Å². The van der Waals surface area contributed by atoms with E-state index in [-0.39, 0.29) is 5.91 Å². The molecule has 0 fully saturated rings. The van der Waals surface area contributed by atoms with Crippen LogP contribution in [0.4, 0.5) is 5.69 Å². The average molecular weight is 365 g/mol. The second kappa shape index (κ2) is 6.71. The highest BCUT2D eigenvalue weighted by Crippen LogP contribution is 2.33. The number of anilines is 1. The van der Waals surface area contributed by atoms with E-state index in [0.717, 1.165) is 11.3 Å². The standard InChI is InChI=1S/C19H19N5O3/c1-11-8-9-14(10-15(11)24-13(3)21-22-23-24)20-19(25)18-12(2)26-16-6-4-5-7-17(16)27-18/h4-10,12,18H,1-3H3,(H,20,25). The molecule has 8 heteroatoms. The van der Waals surface area contributed by atoms with Crippen molar-refractivity contribution in [2.75, 3.05) is 5.32 Å². The quantitative estimate of drug-likeness (QED) is 0.767. The van der Waals surface area contributed by atoms with Gasteiger partial charge in [-0.1, -0.05) is 18.2 Å². The summed E-state index contributed by atoms with van der Waals surface area (Å²) in [6.45, 7) is 5.58. The first-order valence-corrected chi connectivity index (χ1v) is 8.62. The minimum Gasteiger partial charge on any atom is -0.482 e. The highest BCUT2D eigenvalue weighted by molar-refractivity contribution is 5.95. The topological polar surface area (TPSA) is 91.2 Å². The van der Waals surface area contributed by atoms with Gasteiger partial charge >= 0.3 is 0 Å². The summed E-state index contributed by atoms with van der Waals surface area (Å²) in [5.41, 5.74) is 2.42. The van der Waals surface area contributed by atoms with Crippen molar-refractivity contribution >= 4 is 11.6 Å². The van der Waals surface area contributed by atoms with Crippen molar-refractivity contribution < 1.29 is 14.3 Å². The Bertz CT molecular complexity index is 1000. The molecule has 1 amide bonds. The molecule has 8 nitrogen and oxygen atoms in total. The molecule has 2 unspecified atom stereocenters. The third-order valence-electron chi connectivity index (χ3n) is 4.43. The largest absolute Gasteiger partial charge is 0.482 e. The maximum Gasteiger partial charge on any atom is 0.269 e. The number of tetrazole rings is 1. The number of aryl methyl sites for hydroxylation is 2. The lowest BCUT2D eigenvalue weighted by molar-refractivity contribution is -0.128. The number of carbonyl (C=O) groups excluding carboxylic acids is 1. The molecule has 2 heterocycles. The molecule has 1 aromatic heterocycles. The van der Waals surface area contributed by atoms with Gasteiger partial charge in [-0.25, -0.2) is 0 Å². The summed E-state index contributed by atoms with van der Waals surface area (Å²) in [5, 5.41) is 14.5. The smallest absolute Gasteiger partial charge is 0.269 e. The van der Waals surface area contributed by atoms with E-state index in [1.54, 1.807) is 10.7 Å². The number of aromatic nitrogens is 4. The van der Waals surface area contributed by atoms with E-state index in [1.807, 2.05) is 57.2 Å². The number of amides is 1. The van der Waals surface area contributed by atoms with Gasteiger partial charge < -0.3 is 14.8 Å². The fourth-order valence-corrected chi connectivity index (χ4v) is 2.99. The molecule has 0 radical (unpaired) electrons. The Kier molecular flexibility index (Phi) is 4.23. The van der Waals surface area contributed by atoms with Crippen molar-refractivity contribution in [1.82, 2.24) is 20.2 Å². The summed E-state index contributed by atoms with van der Waals surface area (Å²) in [6.07, 6.45) is -1.16. The molecule has 1 N–H and O–H groups in total. The predicted molar refractivity (Wildman–Crippen MR) is 98.2 cm³/mol. The van der Waals surface area contributed by atoms with Crippen LogP contribution in [-0.4, -0.2) is 38.3 Å². The van der Waals surface area contributed by atoms with Crippen LogP contribution in [0.25, 0.3) is 5.69 Å². The van der Waals surface area contributed by atoms with Gasteiger partial charge in [0.1, 0.15) is 6.10 Å². The summed E-state index contributed by atoms with van der Waals surface area (Å²) in [6, 6.07) is 12.9. The SMILES string of the molecule is Cc1ccc(NC(=O)C2Oc3ccccc3OC2C)cc1-n1nnnc1C. The van der Waals surface area contributed by atoms with Crippen molar-refractivity contribution in [3.05, 3.63) is 53.9 Å². The predicted octanol–water partition coefficient (Wildman–Crippen LogP) is 2.45. The average Bonchev–Trinajstić information content (AvgIpc) is 3.08. The van der Waals surface area contributed by atoms with Gasteiger partial charge in [-0.2, -0.15) is 4.68 Å². The van der Waals surface area contributed by atoms with Crippen LogP contribution in [0.2, 0.25) is 0 Å². The van der Waals surface area contributed by atoms with Crippen molar-refractivity contribution in [2.45, 2.75) is 33.0 Å². The molecule has 138 valence electrons. The van der Waals surface area contributed by atoms with E-state index in [9.17, 15) is 4.79 Å². The molecule has 0 spiro atoms. The van der Waals surface area contributed by atoms with Crippen molar-refractivity contribution in [3.63, 3.8) is 0 Å². The highest BCUT2D eigenvalue weighted by atomic mass is 16.6. The lowest BCUT2D eigenvalue weighted by atomic mass is 10.1. The van der Waals surface area contributed by atoms with Crippen LogP contribution < -0.4 is 14.8 Å². The first-order chi connectivity index (χ1) is 13.0. The van der Waals surface area contributed by atoms with Gasteiger partial charge in [0.25, 0.3) is 5.91 Å². The minimum absolute atomic E-state index is 0.278. The molecule has 0 aliphatic carbocycles. The number of carbonyl (C=O) groups is 1. The number of para-hydroxylation sites is 2. The van der Waals surface area contributed by atoms with Gasteiger partial charge in [0.15, 0.2) is 17.3 Å². The van der Waals surface area contributed by atoms with Crippen LogP contribution in [-0.2, 0) is 4.79 Å². The van der Waals surface area contributed by atoms with Gasteiger partial charge in [0.2, 0.25) is 6.10 Å². The van der Waals surface area contributed by atoms with Crippen LogP contribution >= 0.6 is 0 Å². The summed E-state index contributed by atoms with van der Waals surface area (Å²) in [7, 11) is 0. The molecule has 2 atom stereocenters. The van der Waals surface area contributed by atoms with E-state index < -0.39 is 12.2 Å². The molecule has 0 saturated carbocycles. The zero-order chi connectivity index (χ0) is 19.0. The Morgan fingerprint density at radius 3 is 2.56 bits per heavy atom. The lowest BCUT2D eigenvalue weighted by Gasteiger charge is -2.31. The first kappa shape index (κ1) is 17.0. The van der Waals surface area contributed by atoms with Gasteiger partial charge in [-0.3, -0.25) is 4.79 Å². The van der Waals surface area contributed by atoms with Crippen LogP contribution in [0.15, 0.2) is 42.5 Å². The number of hydrogen-bond donors (Lipinski definition) is 1. The van der Waals surface area contributed by atoms with E-state index in [2.05, 4.69) is 20.8 Å². The van der Waals surface area contributed by atoms with Crippen LogP contribution in [0.1, 0.15) is 18.3 Å². The molecular weight excluding hydrogens is 346 g/mol. The normalized spacial score (nSPS) is 18.2. The second-order valence-corrected chi connectivity index (χ2v) is 6.44. The molecule has 2 aromatic carbocycles. The lowest BCUT2D eigenvalue weighted by Crippen LogP contribution is -2.46. The summed E-state index contributed by atoms with van der Waals surface area (Å²) in [5.74, 6) is 1.58. The van der Waals surface area contributed by atoms with E-state index in [1.165, 1.54) is 0 Å². The van der Waals surface area contributed by atoms with Gasteiger partial charge in [0.05, 0.1) is 5.69 Å². The fraction of sp³-hybridized carbons (Fsp3) is 0.263. The second-order valence-electron chi connectivity index (χ2n) is 6.44. The highest BCUT2D eigenvalue weighted by Gasteiger charge is 2.34. The number of ether oxygens (including phenoxy) is 2. The molecule has 1 aliphatic heterocycles. The first-order valence-electron chi connectivity index (χ1n) is 8.62. The van der Waals surface area contributed by atoms with Gasteiger partial charge in [0, 0.05) is 5.69 Å². The summed E-state index contributed by atoms with van der Waals surface area (Å²) >= 11 is 0. The number of nitrogens with one attached hydrogen (secondary N) is 1. The Hall–Kier alpha value is -3.42. The van der Waals surface area contributed by atoms with Crippen LogP contribution in [0.5, 0.6) is 11.5 Å². The zero-order valence-corrected chi connectivity index (χ0v) is 15.2. The summed E-state index contributed by atoms with van der Waals surface area (Å²) in [4.78, 5) is 12.8.